The number of nitrogens with zero attached hydrogens (tertiary/aromatic N) is 1. The van der Waals surface area contributed by atoms with E-state index in [0.29, 0.717) is 43.5 Å². The molecule has 0 aliphatic carbocycles. The maximum absolute atomic E-state index is 12.9. The molecule has 2 rings (SSSR count). The monoisotopic (exact) mass is 424 g/mol. The minimum atomic E-state index is -3.54. The minimum Gasteiger partial charge on any atom is -0.469 e. The van der Waals surface area contributed by atoms with Gasteiger partial charge in [-0.3, -0.25) is 9.59 Å². The predicted octanol–water partition coefficient (Wildman–Crippen LogP) is 2.82. The zero-order valence-corrected chi connectivity index (χ0v) is 18.3. The number of sulfonamides is 1. The van der Waals surface area contributed by atoms with Crippen molar-refractivity contribution in [2.45, 2.75) is 50.8 Å². The third-order valence-electron chi connectivity index (χ3n) is 5.16. The van der Waals surface area contributed by atoms with Crippen LogP contribution in [0.15, 0.2) is 29.2 Å². The number of carbonyl (C=O) groups is 2. The Morgan fingerprint density at radius 1 is 1.07 bits per heavy atom. The van der Waals surface area contributed by atoms with E-state index in [1.165, 1.54) is 19.2 Å². The van der Waals surface area contributed by atoms with Gasteiger partial charge in [0.2, 0.25) is 10.0 Å². The second kappa shape index (κ2) is 10.7. The van der Waals surface area contributed by atoms with Crippen LogP contribution in [0.4, 0.5) is 0 Å². The van der Waals surface area contributed by atoms with Crippen LogP contribution in [-0.4, -0.2) is 51.3 Å². The van der Waals surface area contributed by atoms with E-state index in [0.717, 1.165) is 25.7 Å². The molecule has 1 aliphatic heterocycles. The summed E-state index contributed by atoms with van der Waals surface area (Å²) in [4.78, 5) is 23.5. The number of amides is 1. The molecule has 1 aromatic rings. The second-order valence-electron chi connectivity index (χ2n) is 7.94. The van der Waals surface area contributed by atoms with Crippen molar-refractivity contribution in [3.05, 3.63) is 29.8 Å². The summed E-state index contributed by atoms with van der Waals surface area (Å²) in [6, 6.07) is 6.11. The Labute approximate surface area is 173 Å². The summed E-state index contributed by atoms with van der Waals surface area (Å²) < 4.78 is 31.9. The molecule has 1 fully saturated rings. The fourth-order valence-electron chi connectivity index (χ4n) is 3.71. The number of carbonyl (C=O) groups excluding carboxylic acids is 2. The summed E-state index contributed by atoms with van der Waals surface area (Å²) in [5, 5.41) is 2.82. The SMILES string of the molecule is COC(=O)CCCCCNC(=O)c1ccc(S(=O)(=O)N2C[C@H](C)C[C@@H](C)C2)cc1. The maximum atomic E-state index is 12.9. The number of hydrogen-bond acceptors (Lipinski definition) is 5. The molecule has 1 aliphatic rings. The van der Waals surface area contributed by atoms with Crippen molar-refractivity contribution in [2.24, 2.45) is 11.8 Å². The van der Waals surface area contributed by atoms with Crippen LogP contribution in [0, 0.1) is 11.8 Å². The molecular weight excluding hydrogens is 392 g/mol. The lowest BCUT2D eigenvalue weighted by Gasteiger charge is -2.34. The Kier molecular flexibility index (Phi) is 8.64. The van der Waals surface area contributed by atoms with Crippen LogP contribution in [0.1, 0.15) is 56.3 Å². The molecule has 0 unspecified atom stereocenters. The number of hydrogen-bond donors (Lipinski definition) is 1. The van der Waals surface area contributed by atoms with Crippen LogP contribution in [0.5, 0.6) is 0 Å². The smallest absolute Gasteiger partial charge is 0.305 e. The van der Waals surface area contributed by atoms with Gasteiger partial charge in [0.1, 0.15) is 0 Å². The van der Waals surface area contributed by atoms with Gasteiger partial charge in [0.15, 0.2) is 0 Å². The van der Waals surface area contributed by atoms with Crippen molar-refractivity contribution in [1.29, 1.82) is 0 Å². The van der Waals surface area contributed by atoms with E-state index in [4.69, 9.17) is 0 Å². The lowest BCUT2D eigenvalue weighted by Crippen LogP contribution is -2.42. The van der Waals surface area contributed by atoms with E-state index >= 15 is 0 Å². The second-order valence-corrected chi connectivity index (χ2v) is 9.87. The number of ether oxygens (including phenoxy) is 1. The van der Waals surface area contributed by atoms with Crippen LogP contribution in [-0.2, 0) is 19.6 Å². The third-order valence-corrected chi connectivity index (χ3v) is 7.01. The first-order valence-electron chi connectivity index (χ1n) is 10.2. The van der Waals surface area contributed by atoms with Gasteiger partial charge in [-0.1, -0.05) is 20.3 Å². The number of nitrogens with one attached hydrogen (secondary N) is 1. The Hall–Kier alpha value is -1.93. The van der Waals surface area contributed by atoms with Gasteiger partial charge in [0.05, 0.1) is 12.0 Å². The first-order chi connectivity index (χ1) is 13.7. The summed E-state index contributed by atoms with van der Waals surface area (Å²) >= 11 is 0. The van der Waals surface area contributed by atoms with Gasteiger partial charge in [-0.2, -0.15) is 4.31 Å². The van der Waals surface area contributed by atoms with Gasteiger partial charge < -0.3 is 10.1 Å². The standard InChI is InChI=1S/C21H32N2O5S/c1-16-13-17(2)15-23(14-16)29(26,27)19-10-8-18(9-11-19)21(25)22-12-6-4-5-7-20(24)28-3/h8-11,16-17H,4-7,12-15H2,1-3H3,(H,22,25)/t16-,17-/m1/s1. The van der Waals surface area contributed by atoms with Crippen molar-refractivity contribution < 1.29 is 22.7 Å². The Bertz CT molecular complexity index is 782. The first-order valence-corrected chi connectivity index (χ1v) is 11.6. The summed E-state index contributed by atoms with van der Waals surface area (Å²) in [7, 11) is -2.18. The van der Waals surface area contributed by atoms with Crippen LogP contribution < -0.4 is 5.32 Å². The zero-order chi connectivity index (χ0) is 21.4. The van der Waals surface area contributed by atoms with E-state index in [-0.39, 0.29) is 16.8 Å². The van der Waals surface area contributed by atoms with Crippen molar-refractivity contribution >= 4 is 21.9 Å². The van der Waals surface area contributed by atoms with E-state index in [9.17, 15) is 18.0 Å². The van der Waals surface area contributed by atoms with E-state index in [1.54, 1.807) is 16.4 Å². The van der Waals surface area contributed by atoms with Gasteiger partial charge in [-0.15, -0.1) is 0 Å². The largest absolute Gasteiger partial charge is 0.469 e. The summed E-state index contributed by atoms with van der Waals surface area (Å²) in [6.07, 6.45) is 3.73. The number of benzene rings is 1. The summed E-state index contributed by atoms with van der Waals surface area (Å²) in [5.74, 6) is 0.220. The molecule has 1 heterocycles. The molecule has 2 atom stereocenters. The van der Waals surface area contributed by atoms with Gasteiger partial charge >= 0.3 is 5.97 Å². The molecule has 1 aromatic carbocycles. The van der Waals surface area contributed by atoms with Crippen LogP contribution >= 0.6 is 0 Å². The van der Waals surface area contributed by atoms with Gasteiger partial charge in [0.25, 0.3) is 5.91 Å². The van der Waals surface area contributed by atoms with Gasteiger partial charge in [0, 0.05) is 31.6 Å². The van der Waals surface area contributed by atoms with E-state index in [2.05, 4.69) is 23.9 Å². The third kappa shape index (κ3) is 6.82. The van der Waals surface area contributed by atoms with Crippen LogP contribution in [0.25, 0.3) is 0 Å². The highest BCUT2D eigenvalue weighted by Crippen LogP contribution is 2.26. The van der Waals surface area contributed by atoms with Gasteiger partial charge in [-0.05, 0) is 55.4 Å². The van der Waals surface area contributed by atoms with Crippen LogP contribution in [0.3, 0.4) is 0 Å². The fraction of sp³-hybridized carbons (Fsp3) is 0.619. The lowest BCUT2D eigenvalue weighted by molar-refractivity contribution is -0.140. The first kappa shape index (κ1) is 23.3. The maximum Gasteiger partial charge on any atom is 0.305 e. The number of rotatable bonds is 9. The Morgan fingerprint density at radius 2 is 1.69 bits per heavy atom. The average Bonchev–Trinajstić information content (AvgIpc) is 2.69. The highest BCUT2D eigenvalue weighted by atomic mass is 32.2. The average molecular weight is 425 g/mol. The molecule has 0 bridgehead atoms. The lowest BCUT2D eigenvalue weighted by atomic mass is 9.94. The number of unbranched alkanes of at least 4 members (excludes halogenated alkanes) is 2. The number of methoxy groups -OCH3 is 1. The molecule has 1 saturated heterocycles. The number of esters is 1. The molecular formula is C21H32N2O5S. The zero-order valence-electron chi connectivity index (χ0n) is 17.5. The number of piperidine rings is 1. The normalized spacial score (nSPS) is 20.2. The molecule has 8 heteroatoms. The van der Waals surface area contributed by atoms with Crippen LogP contribution in [0.2, 0.25) is 0 Å². The topological polar surface area (TPSA) is 92.8 Å². The van der Waals surface area contributed by atoms with Crippen molar-refractivity contribution in [2.75, 3.05) is 26.7 Å². The molecule has 0 saturated carbocycles. The van der Waals surface area contributed by atoms with E-state index < -0.39 is 10.0 Å². The minimum absolute atomic E-state index is 0.221. The molecule has 162 valence electrons. The quantitative estimate of drug-likeness (QED) is 0.486. The Balaban J connectivity index is 1.85. The van der Waals surface area contributed by atoms with Crippen molar-refractivity contribution in [3.63, 3.8) is 0 Å². The molecule has 7 nitrogen and oxygen atoms in total. The highest BCUT2D eigenvalue weighted by molar-refractivity contribution is 7.89. The highest BCUT2D eigenvalue weighted by Gasteiger charge is 2.31. The van der Waals surface area contributed by atoms with Crippen molar-refractivity contribution in [3.8, 4) is 0 Å². The summed E-state index contributed by atoms with van der Waals surface area (Å²) in [5.41, 5.74) is 0.430. The summed E-state index contributed by atoms with van der Waals surface area (Å²) in [6.45, 7) is 5.71. The van der Waals surface area contributed by atoms with Gasteiger partial charge in [-0.25, -0.2) is 8.42 Å². The molecule has 1 amide bonds. The molecule has 0 spiro atoms. The molecule has 29 heavy (non-hydrogen) atoms. The van der Waals surface area contributed by atoms with E-state index in [1.807, 2.05) is 0 Å². The predicted molar refractivity (Wildman–Crippen MR) is 111 cm³/mol. The molecule has 0 aromatic heterocycles. The Morgan fingerprint density at radius 3 is 2.28 bits per heavy atom. The fourth-order valence-corrected chi connectivity index (χ4v) is 5.39. The van der Waals surface area contributed by atoms with Crippen molar-refractivity contribution in [1.82, 2.24) is 9.62 Å². The molecule has 1 N–H and O–H groups in total. The molecule has 0 radical (unpaired) electrons.